The van der Waals surface area contributed by atoms with Gasteiger partial charge >= 0.3 is 0 Å². The van der Waals surface area contributed by atoms with Crippen LogP contribution < -0.4 is 5.32 Å². The molecule has 0 aromatic rings. The molecule has 0 rings (SSSR count). The molecule has 0 aromatic heterocycles. The first-order valence-electron chi connectivity index (χ1n) is 2.82. The normalized spacial score (nSPS) is 12.6. The molecule has 0 fully saturated rings. The number of aliphatic imine (C=N–C) groups is 1. The van der Waals surface area contributed by atoms with Gasteiger partial charge in [0.2, 0.25) is 0 Å². The molecule has 0 heterocycles. The molecule has 52 valence electrons. The van der Waals surface area contributed by atoms with Gasteiger partial charge in [-0.25, -0.2) is 0 Å². The molecule has 0 radical (unpaired) electrons. The van der Waals surface area contributed by atoms with E-state index in [4.69, 9.17) is 0 Å². The topological polar surface area (TPSA) is 24.4 Å². The van der Waals surface area contributed by atoms with Crippen molar-refractivity contribution in [2.45, 2.75) is 6.92 Å². The maximum absolute atomic E-state index is 3.81. The second-order valence-corrected chi connectivity index (χ2v) is 2.39. The molecule has 9 heavy (non-hydrogen) atoms. The van der Waals surface area contributed by atoms with E-state index in [0.29, 0.717) is 0 Å². The maximum Gasteiger partial charge on any atom is 0.0510 e. The highest BCUT2D eigenvalue weighted by Gasteiger charge is 1.79. The van der Waals surface area contributed by atoms with Crippen molar-refractivity contribution in [1.29, 1.82) is 0 Å². The molecule has 0 saturated carbocycles. The summed E-state index contributed by atoms with van der Waals surface area (Å²) in [5, 5.41) is 3.03. The van der Waals surface area contributed by atoms with Crippen molar-refractivity contribution in [3.63, 3.8) is 0 Å². The first-order valence-corrected chi connectivity index (χ1v) is 3.61. The quantitative estimate of drug-likeness (QED) is 0.672. The zero-order valence-corrected chi connectivity index (χ0v) is 7.27. The minimum atomic E-state index is 0.937. The average Bonchev–Trinajstić information content (AvgIpc) is 1.85. The highest BCUT2D eigenvalue weighted by Crippen LogP contribution is 1.97. The van der Waals surface area contributed by atoms with Gasteiger partial charge in [-0.2, -0.15) is 0 Å². The van der Waals surface area contributed by atoms with Crippen LogP contribution in [0.1, 0.15) is 6.92 Å². The van der Waals surface area contributed by atoms with Gasteiger partial charge in [0.25, 0.3) is 0 Å². The van der Waals surface area contributed by atoms with Gasteiger partial charge in [0.1, 0.15) is 0 Å². The zero-order valence-electron chi connectivity index (χ0n) is 5.69. The monoisotopic (exact) mass is 190 g/mol. The first kappa shape index (κ1) is 8.69. The zero-order chi connectivity index (χ0) is 7.11. The number of nitrogens with one attached hydrogen (secondary N) is 1. The van der Waals surface area contributed by atoms with Crippen LogP contribution in [0.2, 0.25) is 0 Å². The van der Waals surface area contributed by atoms with E-state index >= 15 is 0 Å². The van der Waals surface area contributed by atoms with Gasteiger partial charge in [0.15, 0.2) is 0 Å². The summed E-state index contributed by atoms with van der Waals surface area (Å²) >= 11 is 3.29. The van der Waals surface area contributed by atoms with Crippen molar-refractivity contribution in [1.82, 2.24) is 5.32 Å². The maximum atomic E-state index is 3.81. The molecule has 0 saturated heterocycles. The lowest BCUT2D eigenvalue weighted by Crippen LogP contribution is -2.02. The molecule has 0 bridgehead atoms. The van der Waals surface area contributed by atoms with Crippen LogP contribution >= 0.6 is 15.9 Å². The van der Waals surface area contributed by atoms with E-state index in [-0.39, 0.29) is 0 Å². The van der Waals surface area contributed by atoms with Gasteiger partial charge in [-0.05, 0) is 22.9 Å². The average molecular weight is 191 g/mol. The van der Waals surface area contributed by atoms with Crippen molar-refractivity contribution in [3.05, 3.63) is 10.7 Å². The fraction of sp³-hybridized carbons (Fsp3) is 0.500. The SMILES string of the molecule is CCN/C=C(/Br)C=NC. The largest absolute Gasteiger partial charge is 0.390 e. The Kier molecular flexibility index (Phi) is 5.62. The Hall–Kier alpha value is -0.310. The van der Waals surface area contributed by atoms with Crippen molar-refractivity contribution in [2.24, 2.45) is 4.99 Å². The number of halogens is 1. The second kappa shape index (κ2) is 5.82. The smallest absolute Gasteiger partial charge is 0.0510 e. The van der Waals surface area contributed by atoms with E-state index in [1.807, 2.05) is 13.1 Å². The van der Waals surface area contributed by atoms with Crippen LogP contribution in [0.25, 0.3) is 0 Å². The summed E-state index contributed by atoms with van der Waals surface area (Å²) in [7, 11) is 1.74. The van der Waals surface area contributed by atoms with Crippen molar-refractivity contribution in [2.75, 3.05) is 13.6 Å². The van der Waals surface area contributed by atoms with Crippen molar-refractivity contribution in [3.8, 4) is 0 Å². The van der Waals surface area contributed by atoms with Crippen LogP contribution in [0.5, 0.6) is 0 Å². The second-order valence-electron chi connectivity index (χ2n) is 1.47. The molecule has 2 nitrogen and oxygen atoms in total. The molecule has 0 spiro atoms. The van der Waals surface area contributed by atoms with Crippen LogP contribution in [-0.2, 0) is 0 Å². The lowest BCUT2D eigenvalue weighted by Gasteiger charge is -1.91. The predicted octanol–water partition coefficient (Wildman–Crippen LogP) is 1.53. The lowest BCUT2D eigenvalue weighted by atomic mass is 10.6. The van der Waals surface area contributed by atoms with Crippen LogP contribution in [0, 0.1) is 0 Å². The molecule has 0 amide bonds. The molecule has 0 atom stereocenters. The predicted molar refractivity (Wildman–Crippen MR) is 45.1 cm³/mol. The van der Waals surface area contributed by atoms with E-state index in [0.717, 1.165) is 11.0 Å². The molecule has 1 N–H and O–H groups in total. The van der Waals surface area contributed by atoms with Gasteiger partial charge < -0.3 is 5.32 Å². The van der Waals surface area contributed by atoms with Gasteiger partial charge in [-0.15, -0.1) is 0 Å². The summed E-state index contributed by atoms with van der Waals surface area (Å²) in [6.45, 7) is 2.98. The van der Waals surface area contributed by atoms with Gasteiger partial charge in [0.05, 0.1) is 4.48 Å². The number of hydrogen-bond donors (Lipinski definition) is 1. The van der Waals surface area contributed by atoms with Crippen molar-refractivity contribution >= 4 is 22.1 Å². The van der Waals surface area contributed by atoms with Crippen molar-refractivity contribution < 1.29 is 0 Å². The summed E-state index contributed by atoms with van der Waals surface area (Å²) in [4.78, 5) is 3.81. The summed E-state index contributed by atoms with van der Waals surface area (Å²) in [5.41, 5.74) is 0. The van der Waals surface area contributed by atoms with E-state index in [1.165, 1.54) is 0 Å². The third-order valence-electron chi connectivity index (χ3n) is 0.697. The molecular weight excluding hydrogens is 180 g/mol. The number of hydrogen-bond acceptors (Lipinski definition) is 2. The Balaban J connectivity index is 3.55. The standard InChI is InChI=1S/C6H11BrN2/c1-3-9-5-6(7)4-8-2/h4-5,9H,3H2,1-2H3/b6-5+,8-4?. The third kappa shape index (κ3) is 5.56. The summed E-state index contributed by atoms with van der Waals surface area (Å²) in [6, 6.07) is 0. The van der Waals surface area contributed by atoms with Crippen LogP contribution in [0.4, 0.5) is 0 Å². The minimum absolute atomic E-state index is 0.937. The van der Waals surface area contributed by atoms with E-state index in [1.54, 1.807) is 13.3 Å². The number of nitrogens with zero attached hydrogens (tertiary/aromatic N) is 1. The molecule has 3 heteroatoms. The van der Waals surface area contributed by atoms with Crippen LogP contribution in [0.3, 0.4) is 0 Å². The molecule has 0 aliphatic heterocycles. The third-order valence-corrected chi connectivity index (χ3v) is 1.13. The Morgan fingerprint density at radius 1 is 1.78 bits per heavy atom. The number of rotatable bonds is 3. The van der Waals surface area contributed by atoms with Gasteiger partial charge in [-0.1, -0.05) is 0 Å². The van der Waals surface area contributed by atoms with Gasteiger partial charge in [-0.3, -0.25) is 4.99 Å². The Morgan fingerprint density at radius 2 is 2.44 bits per heavy atom. The Morgan fingerprint density at radius 3 is 2.89 bits per heavy atom. The van der Waals surface area contributed by atoms with Gasteiger partial charge in [0, 0.05) is 26.0 Å². The lowest BCUT2D eigenvalue weighted by molar-refractivity contribution is 0.920. The summed E-state index contributed by atoms with van der Waals surface area (Å²) < 4.78 is 0.965. The van der Waals surface area contributed by atoms with E-state index in [2.05, 4.69) is 26.2 Å². The minimum Gasteiger partial charge on any atom is -0.390 e. The Labute approximate surface area is 64.2 Å². The van der Waals surface area contributed by atoms with Crippen LogP contribution in [-0.4, -0.2) is 19.8 Å². The first-order chi connectivity index (χ1) is 4.31. The molecular formula is C6H11BrN2. The molecule has 0 aliphatic carbocycles. The molecule has 0 unspecified atom stereocenters. The van der Waals surface area contributed by atoms with E-state index < -0.39 is 0 Å². The summed E-state index contributed by atoms with van der Waals surface area (Å²) in [6.07, 6.45) is 3.61. The number of allylic oxidation sites excluding steroid dienone is 1. The molecule has 0 aromatic carbocycles. The highest BCUT2D eigenvalue weighted by atomic mass is 79.9. The van der Waals surface area contributed by atoms with E-state index in [9.17, 15) is 0 Å². The highest BCUT2D eigenvalue weighted by molar-refractivity contribution is 9.12. The van der Waals surface area contributed by atoms with Crippen LogP contribution in [0.15, 0.2) is 15.7 Å². The Bertz CT molecular complexity index is 118. The molecule has 0 aliphatic rings. The fourth-order valence-corrected chi connectivity index (χ4v) is 0.727. The fourth-order valence-electron chi connectivity index (χ4n) is 0.360. The summed E-state index contributed by atoms with van der Waals surface area (Å²) in [5.74, 6) is 0.